The van der Waals surface area contributed by atoms with E-state index in [1.165, 1.54) is 35.1 Å². The van der Waals surface area contributed by atoms with E-state index < -0.39 is 22.5 Å². The first-order chi connectivity index (χ1) is 17.2. The number of hydrogen-bond acceptors (Lipinski definition) is 6. The summed E-state index contributed by atoms with van der Waals surface area (Å²) in [5, 5.41) is 18.1. The predicted octanol–water partition coefficient (Wildman–Crippen LogP) is 5.77. The fourth-order valence-corrected chi connectivity index (χ4v) is 3.24. The van der Waals surface area contributed by atoms with Crippen LogP contribution in [0.5, 0.6) is 17.2 Å². The van der Waals surface area contributed by atoms with Gasteiger partial charge in [-0.2, -0.15) is 5.10 Å². The first-order valence-corrected chi connectivity index (χ1v) is 10.7. The average Bonchev–Trinajstić information content (AvgIpc) is 3.30. The van der Waals surface area contributed by atoms with Crippen molar-refractivity contribution in [3.05, 3.63) is 105 Å². The van der Waals surface area contributed by atoms with Gasteiger partial charge >= 0.3 is 0 Å². The number of nitrogens with one attached hydrogen (secondary N) is 1. The van der Waals surface area contributed by atoms with Gasteiger partial charge in [-0.15, -0.1) is 0 Å². The molecule has 4 aromatic rings. The average molecular weight is 494 g/mol. The molecular formula is C25H20F2N4O5. The predicted molar refractivity (Wildman–Crippen MR) is 126 cm³/mol. The molecule has 184 valence electrons. The molecule has 9 nitrogen and oxygen atoms in total. The molecule has 0 fully saturated rings. The summed E-state index contributed by atoms with van der Waals surface area (Å²) in [5.74, 6) is -1.71. The van der Waals surface area contributed by atoms with Crippen molar-refractivity contribution in [1.82, 2.24) is 9.78 Å². The third kappa shape index (κ3) is 5.81. The molecule has 11 heteroatoms. The van der Waals surface area contributed by atoms with Crippen LogP contribution >= 0.6 is 0 Å². The summed E-state index contributed by atoms with van der Waals surface area (Å²) >= 11 is 0. The SMILES string of the molecule is Cc1ccc(C)c(Oc2cc(NC(=O)c3ccn(COc4ccc(F)cc4F)n3)cc([N+](=O)[O-])c2)c1. The molecule has 0 radical (unpaired) electrons. The van der Waals surface area contributed by atoms with Crippen molar-refractivity contribution in [2.45, 2.75) is 20.6 Å². The fourth-order valence-electron chi connectivity index (χ4n) is 3.24. The van der Waals surface area contributed by atoms with Crippen LogP contribution in [0.1, 0.15) is 21.6 Å². The number of hydrogen-bond donors (Lipinski definition) is 1. The molecule has 0 bridgehead atoms. The Labute approximate surface area is 204 Å². The van der Waals surface area contributed by atoms with Crippen LogP contribution in [0, 0.1) is 35.6 Å². The number of nitro groups is 1. The zero-order valence-corrected chi connectivity index (χ0v) is 19.2. The highest BCUT2D eigenvalue weighted by Crippen LogP contribution is 2.32. The van der Waals surface area contributed by atoms with Gasteiger partial charge in [0.05, 0.1) is 16.7 Å². The van der Waals surface area contributed by atoms with Crippen LogP contribution in [0.15, 0.2) is 66.9 Å². The van der Waals surface area contributed by atoms with Crippen LogP contribution in [-0.2, 0) is 6.73 Å². The number of carbonyl (C=O) groups is 1. The normalized spacial score (nSPS) is 10.7. The molecule has 1 N–H and O–H groups in total. The zero-order chi connectivity index (χ0) is 25.8. The van der Waals surface area contributed by atoms with Gasteiger partial charge in [-0.1, -0.05) is 12.1 Å². The van der Waals surface area contributed by atoms with Gasteiger partial charge in [-0.25, -0.2) is 13.5 Å². The minimum absolute atomic E-state index is 0.0123. The molecule has 0 unspecified atom stereocenters. The molecule has 0 saturated heterocycles. The third-order valence-corrected chi connectivity index (χ3v) is 5.05. The number of nitro benzene ring substituents is 1. The fraction of sp³-hybridized carbons (Fsp3) is 0.120. The number of ether oxygens (including phenoxy) is 2. The van der Waals surface area contributed by atoms with Gasteiger partial charge in [-0.3, -0.25) is 14.9 Å². The minimum atomic E-state index is -0.871. The van der Waals surface area contributed by atoms with Crippen LogP contribution in [-0.4, -0.2) is 20.6 Å². The molecule has 0 saturated carbocycles. The molecular weight excluding hydrogens is 474 g/mol. The number of halogens is 2. The second kappa shape index (κ2) is 10.2. The van der Waals surface area contributed by atoms with Gasteiger partial charge in [0.25, 0.3) is 11.6 Å². The summed E-state index contributed by atoms with van der Waals surface area (Å²) in [6.45, 7) is 3.51. The van der Waals surface area contributed by atoms with E-state index in [9.17, 15) is 23.7 Å². The van der Waals surface area contributed by atoms with Crippen molar-refractivity contribution in [2.75, 3.05) is 5.32 Å². The summed E-state index contributed by atoms with van der Waals surface area (Å²) in [7, 11) is 0. The number of benzene rings is 3. The van der Waals surface area contributed by atoms with E-state index in [0.717, 1.165) is 23.3 Å². The first kappa shape index (κ1) is 24.3. The Morgan fingerprint density at radius 2 is 1.86 bits per heavy atom. The van der Waals surface area contributed by atoms with E-state index >= 15 is 0 Å². The summed E-state index contributed by atoms with van der Waals surface area (Å²) in [6, 6.07) is 13.8. The lowest BCUT2D eigenvalue weighted by Gasteiger charge is -2.11. The lowest BCUT2D eigenvalue weighted by Crippen LogP contribution is -2.14. The largest absolute Gasteiger partial charge is 0.468 e. The number of carbonyl (C=O) groups excluding carboxylic acids is 1. The Morgan fingerprint density at radius 1 is 1.06 bits per heavy atom. The van der Waals surface area contributed by atoms with E-state index in [2.05, 4.69) is 10.4 Å². The number of amides is 1. The Morgan fingerprint density at radius 3 is 2.61 bits per heavy atom. The molecule has 4 rings (SSSR count). The van der Waals surface area contributed by atoms with Crippen LogP contribution < -0.4 is 14.8 Å². The molecule has 0 aliphatic carbocycles. The molecule has 36 heavy (non-hydrogen) atoms. The summed E-state index contributed by atoms with van der Waals surface area (Å²) in [4.78, 5) is 23.5. The summed E-state index contributed by atoms with van der Waals surface area (Å²) in [5.41, 5.74) is 1.64. The topological polar surface area (TPSA) is 109 Å². The van der Waals surface area contributed by atoms with Crippen molar-refractivity contribution < 1.29 is 28.0 Å². The van der Waals surface area contributed by atoms with E-state index in [1.54, 1.807) is 6.07 Å². The van der Waals surface area contributed by atoms with Gasteiger partial charge in [0.1, 0.15) is 17.3 Å². The van der Waals surface area contributed by atoms with Gasteiger partial charge in [-0.05, 0) is 49.2 Å². The van der Waals surface area contributed by atoms with Crippen molar-refractivity contribution in [1.29, 1.82) is 0 Å². The van der Waals surface area contributed by atoms with Crippen molar-refractivity contribution in [3.63, 3.8) is 0 Å². The second-order valence-electron chi connectivity index (χ2n) is 7.89. The molecule has 0 atom stereocenters. The molecule has 1 amide bonds. The smallest absolute Gasteiger partial charge is 0.276 e. The van der Waals surface area contributed by atoms with Gasteiger partial charge in [0.2, 0.25) is 0 Å². The van der Waals surface area contributed by atoms with Crippen LogP contribution in [0.3, 0.4) is 0 Å². The summed E-state index contributed by atoms with van der Waals surface area (Å²) < 4.78 is 39.1. The number of anilines is 1. The molecule has 3 aromatic carbocycles. The van der Waals surface area contributed by atoms with Gasteiger partial charge in [0, 0.05) is 24.4 Å². The number of non-ortho nitro benzene ring substituents is 1. The highest BCUT2D eigenvalue weighted by atomic mass is 19.1. The highest BCUT2D eigenvalue weighted by Gasteiger charge is 2.16. The van der Waals surface area contributed by atoms with Crippen LogP contribution in [0.25, 0.3) is 0 Å². The number of nitrogens with zero attached hydrogens (tertiary/aromatic N) is 3. The standard InChI is InChI=1S/C25H20F2N4O5/c1-15-3-4-16(2)24(9-15)36-20-12-18(11-19(13-20)31(33)34)28-25(32)22-7-8-30(29-22)14-35-23-6-5-17(26)10-21(23)27/h3-13H,14H2,1-2H3,(H,28,32). The maximum Gasteiger partial charge on any atom is 0.276 e. The Balaban J connectivity index is 1.48. The lowest BCUT2D eigenvalue weighted by atomic mass is 10.1. The zero-order valence-electron chi connectivity index (χ0n) is 19.2. The molecule has 0 aliphatic heterocycles. The van der Waals surface area contributed by atoms with Crippen LogP contribution in [0.2, 0.25) is 0 Å². The van der Waals surface area contributed by atoms with Gasteiger partial charge in [0.15, 0.2) is 24.0 Å². The first-order valence-electron chi connectivity index (χ1n) is 10.7. The third-order valence-electron chi connectivity index (χ3n) is 5.05. The maximum absolute atomic E-state index is 13.7. The van der Waals surface area contributed by atoms with E-state index in [-0.39, 0.29) is 35.3 Å². The van der Waals surface area contributed by atoms with Crippen molar-refractivity contribution in [3.8, 4) is 17.2 Å². The van der Waals surface area contributed by atoms with E-state index in [0.29, 0.717) is 11.8 Å². The van der Waals surface area contributed by atoms with Crippen molar-refractivity contribution in [2.24, 2.45) is 0 Å². The number of aromatic nitrogens is 2. The maximum atomic E-state index is 13.7. The van der Waals surface area contributed by atoms with E-state index in [4.69, 9.17) is 9.47 Å². The Kier molecular flexibility index (Phi) is 6.91. The molecule has 1 heterocycles. The highest BCUT2D eigenvalue weighted by molar-refractivity contribution is 6.03. The van der Waals surface area contributed by atoms with Crippen LogP contribution in [0.4, 0.5) is 20.2 Å². The quantitative estimate of drug-likeness (QED) is 0.246. The van der Waals surface area contributed by atoms with Crippen molar-refractivity contribution >= 4 is 17.3 Å². The van der Waals surface area contributed by atoms with E-state index in [1.807, 2.05) is 26.0 Å². The molecule has 0 spiro atoms. The lowest BCUT2D eigenvalue weighted by molar-refractivity contribution is -0.384. The monoisotopic (exact) mass is 494 g/mol. The number of aryl methyl sites for hydroxylation is 2. The number of rotatable bonds is 8. The molecule has 1 aromatic heterocycles. The Hall–Kier alpha value is -4.80. The molecule has 0 aliphatic rings. The second-order valence-corrected chi connectivity index (χ2v) is 7.89. The minimum Gasteiger partial charge on any atom is -0.468 e. The Bertz CT molecular complexity index is 1450. The summed E-state index contributed by atoms with van der Waals surface area (Å²) in [6.07, 6.45) is 1.43. The van der Waals surface area contributed by atoms with Gasteiger partial charge < -0.3 is 14.8 Å².